The van der Waals surface area contributed by atoms with Crippen LogP contribution in [0.15, 0.2) is 29.6 Å². The fraction of sp³-hybridized carbons (Fsp3) is 0.0833. The van der Waals surface area contributed by atoms with E-state index in [0.29, 0.717) is 11.3 Å². The number of halogens is 1. The molecule has 0 aliphatic carbocycles. The first-order valence-electron chi connectivity index (χ1n) is 4.91. The Hall–Kier alpha value is -1.08. The fourth-order valence-electron chi connectivity index (χ4n) is 1.32. The Kier molecular flexibility index (Phi) is 3.68. The van der Waals surface area contributed by atoms with E-state index in [2.05, 4.69) is 27.9 Å². The summed E-state index contributed by atoms with van der Waals surface area (Å²) < 4.78 is 1.07. The minimum atomic E-state index is -0.160. The Morgan fingerprint density at radius 1 is 1.41 bits per heavy atom. The third-order valence-corrected chi connectivity index (χ3v) is 4.09. The molecule has 17 heavy (non-hydrogen) atoms. The number of phenolic OH excluding ortho intramolecular Hbond substituents is 1. The first-order valence-corrected chi connectivity index (χ1v) is 6.87. The van der Waals surface area contributed by atoms with Crippen molar-refractivity contribution in [3.63, 3.8) is 0 Å². The second-order valence-corrected chi connectivity index (χ2v) is 6.40. The summed E-state index contributed by atoms with van der Waals surface area (Å²) in [5, 5.41) is 14.1. The minimum Gasteiger partial charge on any atom is -0.508 e. The number of anilines is 1. The Bertz CT molecular complexity index is 565. The van der Waals surface area contributed by atoms with Gasteiger partial charge in [-0.1, -0.05) is 6.07 Å². The van der Waals surface area contributed by atoms with Crippen LogP contribution < -0.4 is 5.32 Å². The van der Waals surface area contributed by atoms with Crippen LogP contribution in [-0.4, -0.2) is 11.0 Å². The molecule has 1 aromatic heterocycles. The number of thiophene rings is 1. The standard InChI is InChI=1S/C12H10INO2S/c1-7-2-3-9(5-10(7)15)14-12(16)8-4-11(13)17-6-8/h2-6,15H,1H3,(H,14,16). The van der Waals surface area contributed by atoms with Crippen molar-refractivity contribution >= 4 is 45.5 Å². The van der Waals surface area contributed by atoms with Gasteiger partial charge in [-0.05, 0) is 47.2 Å². The van der Waals surface area contributed by atoms with Gasteiger partial charge in [0.25, 0.3) is 5.91 Å². The fourth-order valence-corrected chi connectivity index (χ4v) is 2.65. The van der Waals surface area contributed by atoms with Crippen molar-refractivity contribution in [2.24, 2.45) is 0 Å². The van der Waals surface area contributed by atoms with Crippen LogP contribution in [0.3, 0.4) is 0 Å². The molecule has 3 nitrogen and oxygen atoms in total. The molecular formula is C12H10INO2S. The first-order chi connectivity index (χ1) is 8.06. The molecule has 88 valence electrons. The van der Waals surface area contributed by atoms with Crippen molar-refractivity contribution in [2.75, 3.05) is 5.32 Å². The van der Waals surface area contributed by atoms with Crippen LogP contribution in [0.4, 0.5) is 5.69 Å². The zero-order valence-electron chi connectivity index (χ0n) is 9.03. The maximum absolute atomic E-state index is 11.8. The molecule has 0 aliphatic heterocycles. The lowest BCUT2D eigenvalue weighted by Gasteiger charge is -2.05. The summed E-state index contributed by atoms with van der Waals surface area (Å²) in [4.78, 5) is 11.8. The number of carbonyl (C=O) groups excluding carboxylic acids is 1. The van der Waals surface area contributed by atoms with Gasteiger partial charge in [-0.15, -0.1) is 11.3 Å². The summed E-state index contributed by atoms with van der Waals surface area (Å²) in [5.74, 6) is 0.0233. The number of nitrogens with one attached hydrogen (secondary N) is 1. The van der Waals surface area contributed by atoms with Gasteiger partial charge in [0.05, 0.1) is 8.45 Å². The summed E-state index contributed by atoms with van der Waals surface area (Å²) in [7, 11) is 0. The van der Waals surface area contributed by atoms with Gasteiger partial charge >= 0.3 is 0 Å². The second kappa shape index (κ2) is 5.05. The van der Waals surface area contributed by atoms with Crippen LogP contribution >= 0.6 is 33.9 Å². The zero-order chi connectivity index (χ0) is 12.4. The number of benzene rings is 1. The number of hydrogen-bond donors (Lipinski definition) is 2. The largest absolute Gasteiger partial charge is 0.508 e. The summed E-state index contributed by atoms with van der Waals surface area (Å²) in [5.41, 5.74) is 2.02. The summed E-state index contributed by atoms with van der Waals surface area (Å²) >= 11 is 3.70. The monoisotopic (exact) mass is 359 g/mol. The highest BCUT2D eigenvalue weighted by atomic mass is 127. The highest BCUT2D eigenvalue weighted by Gasteiger charge is 2.08. The van der Waals surface area contributed by atoms with Gasteiger partial charge in [0.2, 0.25) is 0 Å². The molecule has 0 atom stereocenters. The van der Waals surface area contributed by atoms with Crippen molar-refractivity contribution in [2.45, 2.75) is 6.92 Å². The van der Waals surface area contributed by atoms with Crippen LogP contribution in [0.1, 0.15) is 15.9 Å². The summed E-state index contributed by atoms with van der Waals surface area (Å²) in [6.07, 6.45) is 0. The van der Waals surface area contributed by atoms with Crippen LogP contribution in [0.25, 0.3) is 0 Å². The molecule has 0 saturated heterocycles. The van der Waals surface area contributed by atoms with Gasteiger partial charge in [-0.2, -0.15) is 0 Å². The van der Waals surface area contributed by atoms with Gasteiger partial charge in [0.15, 0.2) is 0 Å². The quantitative estimate of drug-likeness (QED) is 0.805. The molecule has 0 bridgehead atoms. The highest BCUT2D eigenvalue weighted by Crippen LogP contribution is 2.22. The van der Waals surface area contributed by atoms with Gasteiger partial charge in [0.1, 0.15) is 5.75 Å². The summed E-state index contributed by atoms with van der Waals surface area (Å²) in [6.45, 7) is 1.81. The topological polar surface area (TPSA) is 49.3 Å². The average Bonchev–Trinajstić information content (AvgIpc) is 2.70. The van der Waals surface area contributed by atoms with E-state index in [-0.39, 0.29) is 11.7 Å². The molecule has 1 aromatic carbocycles. The molecule has 0 spiro atoms. The van der Waals surface area contributed by atoms with E-state index in [0.717, 1.165) is 8.45 Å². The number of aryl methyl sites for hydroxylation is 1. The van der Waals surface area contributed by atoms with Crippen LogP contribution in [0.2, 0.25) is 0 Å². The Labute approximate surface area is 117 Å². The molecular weight excluding hydrogens is 349 g/mol. The molecule has 0 saturated carbocycles. The Balaban J connectivity index is 2.15. The summed E-state index contributed by atoms with van der Waals surface area (Å²) in [6, 6.07) is 6.91. The Morgan fingerprint density at radius 2 is 2.18 bits per heavy atom. The number of phenols is 1. The second-order valence-electron chi connectivity index (χ2n) is 3.59. The van der Waals surface area contributed by atoms with Crippen LogP contribution in [0.5, 0.6) is 5.75 Å². The normalized spacial score (nSPS) is 10.2. The van der Waals surface area contributed by atoms with E-state index in [1.807, 2.05) is 18.4 Å². The SMILES string of the molecule is Cc1ccc(NC(=O)c2csc(I)c2)cc1O. The molecule has 0 radical (unpaired) electrons. The molecule has 2 aromatic rings. The molecule has 5 heteroatoms. The predicted molar refractivity (Wildman–Crippen MR) is 77.8 cm³/mol. The van der Waals surface area contributed by atoms with E-state index in [4.69, 9.17) is 0 Å². The third kappa shape index (κ3) is 2.98. The third-order valence-electron chi connectivity index (χ3n) is 2.30. The zero-order valence-corrected chi connectivity index (χ0v) is 12.0. The van der Waals surface area contributed by atoms with E-state index >= 15 is 0 Å². The number of aromatic hydroxyl groups is 1. The predicted octanol–water partition coefficient (Wildman–Crippen LogP) is 3.62. The molecule has 2 N–H and O–H groups in total. The minimum absolute atomic E-state index is 0.160. The lowest BCUT2D eigenvalue weighted by molar-refractivity contribution is 0.102. The molecule has 0 unspecified atom stereocenters. The van der Waals surface area contributed by atoms with Crippen molar-refractivity contribution in [3.8, 4) is 5.75 Å². The van der Waals surface area contributed by atoms with E-state index in [1.54, 1.807) is 18.2 Å². The van der Waals surface area contributed by atoms with Crippen molar-refractivity contribution in [1.29, 1.82) is 0 Å². The van der Waals surface area contributed by atoms with Crippen LogP contribution in [0, 0.1) is 9.81 Å². The molecule has 1 amide bonds. The smallest absolute Gasteiger partial charge is 0.256 e. The average molecular weight is 359 g/mol. The number of hydrogen-bond acceptors (Lipinski definition) is 3. The van der Waals surface area contributed by atoms with E-state index in [1.165, 1.54) is 11.3 Å². The Morgan fingerprint density at radius 3 is 2.76 bits per heavy atom. The maximum Gasteiger partial charge on any atom is 0.256 e. The molecule has 0 aliphatic rings. The highest BCUT2D eigenvalue weighted by molar-refractivity contribution is 14.1. The number of rotatable bonds is 2. The number of amides is 1. The van der Waals surface area contributed by atoms with E-state index in [9.17, 15) is 9.90 Å². The van der Waals surface area contributed by atoms with Crippen molar-refractivity contribution < 1.29 is 9.90 Å². The van der Waals surface area contributed by atoms with Crippen LogP contribution in [-0.2, 0) is 0 Å². The van der Waals surface area contributed by atoms with Gasteiger partial charge < -0.3 is 10.4 Å². The molecule has 1 heterocycles. The molecule has 2 rings (SSSR count). The van der Waals surface area contributed by atoms with Gasteiger partial charge in [-0.25, -0.2) is 0 Å². The number of carbonyl (C=O) groups is 1. The van der Waals surface area contributed by atoms with E-state index < -0.39 is 0 Å². The van der Waals surface area contributed by atoms with Gasteiger partial charge in [-0.3, -0.25) is 4.79 Å². The molecule has 0 fully saturated rings. The lowest BCUT2D eigenvalue weighted by atomic mass is 10.2. The van der Waals surface area contributed by atoms with Gasteiger partial charge in [0, 0.05) is 17.1 Å². The van der Waals surface area contributed by atoms with Crippen molar-refractivity contribution in [1.82, 2.24) is 0 Å². The first kappa shape index (κ1) is 12.4. The van der Waals surface area contributed by atoms with Crippen molar-refractivity contribution in [3.05, 3.63) is 43.7 Å². The maximum atomic E-state index is 11.8. The lowest BCUT2D eigenvalue weighted by Crippen LogP contribution is -2.10.